The largest absolute Gasteiger partial charge is 0.481 e. The van der Waals surface area contributed by atoms with E-state index >= 15 is 0 Å². The average molecular weight is 344 g/mol. The van der Waals surface area contributed by atoms with E-state index in [1.807, 2.05) is 0 Å². The van der Waals surface area contributed by atoms with Crippen LogP contribution in [0, 0.1) is 5.82 Å². The second-order valence-corrected chi connectivity index (χ2v) is 6.22. The third kappa shape index (κ3) is 4.42. The molecule has 1 atom stereocenters. The number of carbonyl (C=O) groups excluding carboxylic acids is 1. The summed E-state index contributed by atoms with van der Waals surface area (Å²) >= 11 is 5.63. The Morgan fingerprint density at radius 1 is 1.48 bits per heavy atom. The van der Waals surface area contributed by atoms with Gasteiger partial charge in [-0.05, 0) is 37.0 Å². The number of carboxylic acid groups (broad SMARTS) is 1. The molecule has 1 saturated carbocycles. The molecule has 7 heteroatoms. The Morgan fingerprint density at radius 3 is 2.65 bits per heavy atom. The van der Waals surface area contributed by atoms with Crippen LogP contribution in [0.3, 0.4) is 0 Å². The SMILES string of the molecule is COC1(CC(=O)NC(CC(=O)O)c2ccc(Cl)c(F)c2)CCC1. The monoisotopic (exact) mass is 343 g/mol. The van der Waals surface area contributed by atoms with Crippen LogP contribution >= 0.6 is 11.6 Å². The Hall–Kier alpha value is -1.66. The molecule has 1 aliphatic carbocycles. The highest BCUT2D eigenvalue weighted by atomic mass is 35.5. The molecule has 1 amide bonds. The molecule has 0 radical (unpaired) electrons. The van der Waals surface area contributed by atoms with Crippen LogP contribution in [0.1, 0.15) is 43.7 Å². The molecule has 1 aromatic carbocycles. The minimum atomic E-state index is -1.09. The molecule has 5 nitrogen and oxygen atoms in total. The first-order chi connectivity index (χ1) is 10.8. The van der Waals surface area contributed by atoms with Crippen LogP contribution in [-0.4, -0.2) is 29.7 Å². The molecule has 0 aromatic heterocycles. The van der Waals surface area contributed by atoms with Gasteiger partial charge in [0, 0.05) is 7.11 Å². The molecule has 0 saturated heterocycles. The van der Waals surface area contributed by atoms with Crippen LogP contribution in [-0.2, 0) is 14.3 Å². The Labute approximate surface area is 138 Å². The van der Waals surface area contributed by atoms with E-state index in [0.717, 1.165) is 25.3 Å². The first-order valence-electron chi connectivity index (χ1n) is 7.36. The van der Waals surface area contributed by atoms with Gasteiger partial charge in [-0.25, -0.2) is 4.39 Å². The third-order valence-corrected chi connectivity index (χ3v) is 4.55. The van der Waals surface area contributed by atoms with Crippen LogP contribution in [0.25, 0.3) is 0 Å². The minimum absolute atomic E-state index is 0.0537. The van der Waals surface area contributed by atoms with Crippen LogP contribution in [0.5, 0.6) is 0 Å². The van der Waals surface area contributed by atoms with Crippen molar-refractivity contribution in [3.05, 3.63) is 34.6 Å². The number of nitrogens with one attached hydrogen (secondary N) is 1. The lowest BCUT2D eigenvalue weighted by Crippen LogP contribution is -2.44. The Bertz CT molecular complexity index is 598. The van der Waals surface area contributed by atoms with Crippen molar-refractivity contribution >= 4 is 23.5 Å². The van der Waals surface area contributed by atoms with Gasteiger partial charge in [0.2, 0.25) is 5.91 Å². The van der Waals surface area contributed by atoms with Crippen molar-refractivity contribution in [2.45, 2.75) is 43.7 Å². The van der Waals surface area contributed by atoms with E-state index in [-0.39, 0.29) is 23.8 Å². The second kappa shape index (κ2) is 7.27. The van der Waals surface area contributed by atoms with E-state index in [1.165, 1.54) is 12.1 Å². The molecule has 0 spiro atoms. The number of methoxy groups -OCH3 is 1. The van der Waals surface area contributed by atoms with E-state index in [2.05, 4.69) is 5.32 Å². The van der Waals surface area contributed by atoms with Crippen molar-refractivity contribution in [2.75, 3.05) is 7.11 Å². The fraction of sp³-hybridized carbons (Fsp3) is 0.500. The topological polar surface area (TPSA) is 75.6 Å². The first kappa shape index (κ1) is 17.7. The fourth-order valence-electron chi connectivity index (χ4n) is 2.72. The zero-order valence-corrected chi connectivity index (χ0v) is 13.5. The molecule has 1 unspecified atom stereocenters. The van der Waals surface area contributed by atoms with E-state index in [0.29, 0.717) is 5.56 Å². The number of benzene rings is 1. The summed E-state index contributed by atoms with van der Waals surface area (Å²) in [5.41, 5.74) is -0.0916. The number of carboxylic acids is 1. The predicted octanol–water partition coefficient (Wildman–Crippen LogP) is 3.07. The van der Waals surface area contributed by atoms with Crippen molar-refractivity contribution in [2.24, 2.45) is 0 Å². The van der Waals surface area contributed by atoms with Gasteiger partial charge in [-0.2, -0.15) is 0 Å². The highest BCUT2D eigenvalue weighted by Gasteiger charge is 2.39. The van der Waals surface area contributed by atoms with Gasteiger partial charge in [0.15, 0.2) is 0 Å². The molecule has 0 heterocycles. The lowest BCUT2D eigenvalue weighted by Gasteiger charge is -2.40. The molecule has 1 aliphatic rings. The average Bonchev–Trinajstić information content (AvgIpc) is 2.44. The summed E-state index contributed by atoms with van der Waals surface area (Å²) in [5.74, 6) is -2.05. The zero-order valence-electron chi connectivity index (χ0n) is 12.8. The van der Waals surface area contributed by atoms with Gasteiger partial charge >= 0.3 is 5.97 Å². The molecule has 0 bridgehead atoms. The quantitative estimate of drug-likeness (QED) is 0.797. The van der Waals surface area contributed by atoms with Crippen molar-refractivity contribution in [3.63, 3.8) is 0 Å². The van der Waals surface area contributed by atoms with E-state index in [9.17, 15) is 14.0 Å². The third-order valence-electron chi connectivity index (χ3n) is 4.24. The predicted molar refractivity (Wildman–Crippen MR) is 82.8 cm³/mol. The molecule has 1 fully saturated rings. The van der Waals surface area contributed by atoms with Crippen LogP contribution in [0.15, 0.2) is 18.2 Å². The van der Waals surface area contributed by atoms with Crippen molar-refractivity contribution in [1.29, 1.82) is 0 Å². The molecular formula is C16H19ClFNO4. The molecule has 2 rings (SSSR count). The van der Waals surface area contributed by atoms with Crippen LogP contribution in [0.2, 0.25) is 5.02 Å². The van der Waals surface area contributed by atoms with Gasteiger partial charge in [0.1, 0.15) is 5.82 Å². The number of carbonyl (C=O) groups is 2. The Kier molecular flexibility index (Phi) is 5.59. The lowest BCUT2D eigenvalue weighted by molar-refractivity contribution is -0.138. The van der Waals surface area contributed by atoms with Crippen molar-refractivity contribution in [3.8, 4) is 0 Å². The highest BCUT2D eigenvalue weighted by molar-refractivity contribution is 6.30. The summed E-state index contributed by atoms with van der Waals surface area (Å²) < 4.78 is 19.0. The highest BCUT2D eigenvalue weighted by Crippen LogP contribution is 2.38. The van der Waals surface area contributed by atoms with Gasteiger partial charge in [0.25, 0.3) is 0 Å². The first-order valence-corrected chi connectivity index (χ1v) is 7.74. The van der Waals surface area contributed by atoms with E-state index < -0.39 is 23.4 Å². The summed E-state index contributed by atoms with van der Waals surface area (Å²) in [4.78, 5) is 23.3. The smallest absolute Gasteiger partial charge is 0.305 e. The van der Waals surface area contributed by atoms with Gasteiger partial charge in [-0.1, -0.05) is 17.7 Å². The number of rotatable bonds is 7. The van der Waals surface area contributed by atoms with E-state index in [1.54, 1.807) is 7.11 Å². The number of hydrogen-bond donors (Lipinski definition) is 2. The number of ether oxygens (including phenoxy) is 1. The lowest BCUT2D eigenvalue weighted by atomic mass is 9.77. The van der Waals surface area contributed by atoms with Crippen molar-refractivity contribution in [1.82, 2.24) is 5.32 Å². The van der Waals surface area contributed by atoms with Crippen molar-refractivity contribution < 1.29 is 23.8 Å². The number of amides is 1. The number of halogens is 2. The normalized spacial score (nSPS) is 17.2. The summed E-state index contributed by atoms with van der Waals surface area (Å²) in [7, 11) is 1.57. The van der Waals surface area contributed by atoms with Gasteiger partial charge in [0.05, 0.1) is 29.5 Å². The fourth-order valence-corrected chi connectivity index (χ4v) is 2.84. The summed E-state index contributed by atoms with van der Waals surface area (Å²) in [5, 5.41) is 11.6. The molecule has 2 N–H and O–H groups in total. The van der Waals surface area contributed by atoms with E-state index in [4.69, 9.17) is 21.4 Å². The second-order valence-electron chi connectivity index (χ2n) is 5.81. The Morgan fingerprint density at radius 2 is 2.17 bits per heavy atom. The maximum absolute atomic E-state index is 13.6. The molecule has 126 valence electrons. The number of aliphatic carboxylic acids is 1. The zero-order chi connectivity index (χ0) is 17.0. The summed E-state index contributed by atoms with van der Waals surface area (Å²) in [6.07, 6.45) is 2.43. The summed E-state index contributed by atoms with van der Waals surface area (Å²) in [6, 6.07) is 3.18. The standard InChI is InChI=1S/C16H19ClFNO4/c1-23-16(5-2-6-16)9-14(20)19-13(8-15(21)22)10-3-4-11(17)12(18)7-10/h3-4,7,13H,2,5-6,8-9H2,1H3,(H,19,20)(H,21,22). The molecular weight excluding hydrogens is 325 g/mol. The Balaban J connectivity index is 2.10. The maximum Gasteiger partial charge on any atom is 0.305 e. The number of hydrogen-bond acceptors (Lipinski definition) is 3. The molecule has 23 heavy (non-hydrogen) atoms. The van der Waals surface area contributed by atoms with Gasteiger partial charge < -0.3 is 15.2 Å². The maximum atomic E-state index is 13.6. The van der Waals surface area contributed by atoms with Crippen LogP contribution < -0.4 is 5.32 Å². The summed E-state index contributed by atoms with van der Waals surface area (Å²) in [6.45, 7) is 0. The molecule has 0 aliphatic heterocycles. The van der Waals surface area contributed by atoms with Crippen LogP contribution in [0.4, 0.5) is 4.39 Å². The van der Waals surface area contributed by atoms with Gasteiger partial charge in [-0.15, -0.1) is 0 Å². The molecule has 1 aromatic rings. The minimum Gasteiger partial charge on any atom is -0.481 e. The van der Waals surface area contributed by atoms with Gasteiger partial charge in [-0.3, -0.25) is 9.59 Å².